The summed E-state index contributed by atoms with van der Waals surface area (Å²) in [7, 11) is 1.74. The lowest BCUT2D eigenvalue weighted by Crippen LogP contribution is -2.37. The van der Waals surface area contributed by atoms with E-state index in [9.17, 15) is 0 Å². The summed E-state index contributed by atoms with van der Waals surface area (Å²) in [4.78, 5) is 9.44. The van der Waals surface area contributed by atoms with Gasteiger partial charge in [0.25, 0.3) is 0 Å². The molecular weight excluding hydrogens is 254 g/mol. The van der Waals surface area contributed by atoms with E-state index in [4.69, 9.17) is 25.2 Å². The van der Waals surface area contributed by atoms with E-state index in [1.54, 1.807) is 7.11 Å². The van der Waals surface area contributed by atoms with Crippen molar-refractivity contribution in [1.82, 2.24) is 9.97 Å². The smallest absolute Gasteiger partial charge is 0.160 e. The highest BCUT2D eigenvalue weighted by atomic mass is 16.5. The summed E-state index contributed by atoms with van der Waals surface area (Å²) in [5.41, 5.74) is 8.51. The SMILES string of the molecule is COC1(c2nc(C)c(CCCN)c(C)n2)CCOCC1. The second kappa shape index (κ2) is 6.61. The van der Waals surface area contributed by atoms with Crippen molar-refractivity contribution in [3.63, 3.8) is 0 Å². The van der Waals surface area contributed by atoms with Gasteiger partial charge in [-0.05, 0) is 38.8 Å². The van der Waals surface area contributed by atoms with Crippen molar-refractivity contribution in [2.24, 2.45) is 5.73 Å². The van der Waals surface area contributed by atoms with E-state index in [0.717, 1.165) is 42.9 Å². The molecule has 0 amide bonds. The normalized spacial score (nSPS) is 18.2. The monoisotopic (exact) mass is 279 g/mol. The molecule has 1 saturated heterocycles. The largest absolute Gasteiger partial charge is 0.381 e. The van der Waals surface area contributed by atoms with Crippen LogP contribution < -0.4 is 5.73 Å². The molecule has 2 heterocycles. The van der Waals surface area contributed by atoms with E-state index in [1.165, 1.54) is 5.56 Å². The maximum Gasteiger partial charge on any atom is 0.160 e. The van der Waals surface area contributed by atoms with Crippen LogP contribution in [-0.2, 0) is 21.5 Å². The van der Waals surface area contributed by atoms with Gasteiger partial charge in [-0.25, -0.2) is 9.97 Å². The molecule has 1 fully saturated rings. The molecule has 5 nitrogen and oxygen atoms in total. The topological polar surface area (TPSA) is 70.3 Å². The molecule has 0 bridgehead atoms. The van der Waals surface area contributed by atoms with Crippen molar-refractivity contribution in [1.29, 1.82) is 0 Å². The zero-order valence-corrected chi connectivity index (χ0v) is 12.7. The van der Waals surface area contributed by atoms with Gasteiger partial charge in [0.05, 0.1) is 0 Å². The van der Waals surface area contributed by atoms with Gasteiger partial charge in [-0.2, -0.15) is 0 Å². The fraction of sp³-hybridized carbons (Fsp3) is 0.733. The van der Waals surface area contributed by atoms with Crippen LogP contribution in [0, 0.1) is 13.8 Å². The Hall–Kier alpha value is -1.04. The quantitative estimate of drug-likeness (QED) is 0.887. The molecule has 1 aromatic rings. The summed E-state index contributed by atoms with van der Waals surface area (Å²) in [6, 6.07) is 0. The first kappa shape index (κ1) is 15.4. The molecule has 0 aromatic carbocycles. The average molecular weight is 279 g/mol. The maximum absolute atomic E-state index is 5.77. The van der Waals surface area contributed by atoms with E-state index >= 15 is 0 Å². The van der Waals surface area contributed by atoms with Crippen LogP contribution in [0.25, 0.3) is 0 Å². The average Bonchev–Trinajstić information content (AvgIpc) is 2.47. The summed E-state index contributed by atoms with van der Waals surface area (Å²) in [5.74, 6) is 0.801. The Labute approximate surface area is 120 Å². The van der Waals surface area contributed by atoms with Crippen LogP contribution in [0.2, 0.25) is 0 Å². The third-order valence-corrected chi connectivity index (χ3v) is 4.15. The predicted octanol–water partition coefficient (Wildman–Crippen LogP) is 1.64. The van der Waals surface area contributed by atoms with Gasteiger partial charge >= 0.3 is 0 Å². The Morgan fingerprint density at radius 3 is 2.30 bits per heavy atom. The zero-order chi connectivity index (χ0) is 14.6. The lowest BCUT2D eigenvalue weighted by molar-refractivity contribution is -0.100. The summed E-state index contributed by atoms with van der Waals surface area (Å²) in [5, 5.41) is 0. The third-order valence-electron chi connectivity index (χ3n) is 4.15. The lowest BCUT2D eigenvalue weighted by atomic mass is 9.92. The van der Waals surface area contributed by atoms with Crippen LogP contribution in [0.5, 0.6) is 0 Å². The Balaban J connectivity index is 2.32. The summed E-state index contributed by atoms with van der Waals surface area (Å²) in [6.45, 7) is 6.19. The minimum Gasteiger partial charge on any atom is -0.381 e. The van der Waals surface area contributed by atoms with Crippen molar-refractivity contribution < 1.29 is 9.47 Å². The van der Waals surface area contributed by atoms with Crippen molar-refractivity contribution >= 4 is 0 Å². The van der Waals surface area contributed by atoms with E-state index < -0.39 is 0 Å². The summed E-state index contributed by atoms with van der Waals surface area (Å²) >= 11 is 0. The molecule has 1 aliphatic heterocycles. The van der Waals surface area contributed by atoms with Gasteiger partial charge in [0, 0.05) is 44.6 Å². The molecule has 0 aliphatic carbocycles. The van der Waals surface area contributed by atoms with Crippen LogP contribution in [0.1, 0.15) is 42.0 Å². The number of nitrogens with zero attached hydrogens (tertiary/aromatic N) is 2. The third kappa shape index (κ3) is 3.00. The first-order valence-corrected chi connectivity index (χ1v) is 7.30. The molecule has 0 radical (unpaired) electrons. The van der Waals surface area contributed by atoms with E-state index in [2.05, 4.69) is 0 Å². The van der Waals surface area contributed by atoms with E-state index in [-0.39, 0.29) is 5.60 Å². The number of methoxy groups -OCH3 is 1. The maximum atomic E-state index is 5.77. The highest BCUT2D eigenvalue weighted by Gasteiger charge is 2.37. The molecule has 0 unspecified atom stereocenters. The van der Waals surface area contributed by atoms with Crippen LogP contribution in [0.15, 0.2) is 0 Å². The standard InChI is InChI=1S/C15H25N3O2/c1-11-13(5-4-8-16)12(2)18-14(17-11)15(19-3)6-9-20-10-7-15/h4-10,16H2,1-3H3. The minimum atomic E-state index is -0.389. The van der Waals surface area contributed by atoms with Crippen molar-refractivity contribution in [3.8, 4) is 0 Å². The van der Waals surface area contributed by atoms with Crippen LogP contribution in [0.4, 0.5) is 0 Å². The Bertz CT molecular complexity index is 433. The molecule has 2 N–H and O–H groups in total. The summed E-state index contributed by atoms with van der Waals surface area (Å²) < 4.78 is 11.2. The highest BCUT2D eigenvalue weighted by Crippen LogP contribution is 2.34. The van der Waals surface area contributed by atoms with Gasteiger partial charge in [0.1, 0.15) is 5.60 Å². The number of hydrogen-bond acceptors (Lipinski definition) is 5. The second-order valence-corrected chi connectivity index (χ2v) is 5.40. The molecule has 112 valence electrons. The highest BCUT2D eigenvalue weighted by molar-refractivity contribution is 5.26. The van der Waals surface area contributed by atoms with Gasteiger partial charge in [0.2, 0.25) is 0 Å². The molecule has 1 aromatic heterocycles. The van der Waals surface area contributed by atoms with Gasteiger partial charge in [-0.3, -0.25) is 0 Å². The number of aryl methyl sites for hydroxylation is 2. The molecule has 1 aliphatic rings. The molecule has 5 heteroatoms. The number of nitrogens with two attached hydrogens (primary N) is 1. The van der Waals surface area contributed by atoms with Crippen molar-refractivity contribution in [3.05, 3.63) is 22.8 Å². The summed E-state index contributed by atoms with van der Waals surface area (Å²) in [6.07, 6.45) is 3.53. The predicted molar refractivity (Wildman–Crippen MR) is 77.6 cm³/mol. The molecule has 2 rings (SSSR count). The number of ether oxygens (including phenoxy) is 2. The second-order valence-electron chi connectivity index (χ2n) is 5.40. The first-order valence-electron chi connectivity index (χ1n) is 7.30. The zero-order valence-electron chi connectivity index (χ0n) is 12.7. The van der Waals surface area contributed by atoms with E-state index in [0.29, 0.717) is 19.8 Å². The molecule has 0 spiro atoms. The first-order chi connectivity index (χ1) is 9.63. The molecule has 0 atom stereocenters. The fourth-order valence-electron chi connectivity index (χ4n) is 2.80. The lowest BCUT2D eigenvalue weighted by Gasteiger charge is -2.34. The van der Waals surface area contributed by atoms with Crippen LogP contribution in [0.3, 0.4) is 0 Å². The molecule has 20 heavy (non-hydrogen) atoms. The van der Waals surface area contributed by atoms with Crippen LogP contribution in [-0.4, -0.2) is 36.8 Å². The van der Waals surface area contributed by atoms with Gasteiger partial charge in [-0.1, -0.05) is 0 Å². The number of aromatic nitrogens is 2. The molecule has 0 saturated carbocycles. The minimum absolute atomic E-state index is 0.389. The molecular formula is C15H25N3O2. The van der Waals surface area contributed by atoms with Gasteiger partial charge < -0.3 is 15.2 Å². The Kier molecular flexibility index (Phi) is 5.07. The van der Waals surface area contributed by atoms with Crippen molar-refractivity contribution in [2.75, 3.05) is 26.9 Å². The van der Waals surface area contributed by atoms with Crippen molar-refractivity contribution in [2.45, 2.75) is 45.1 Å². The van der Waals surface area contributed by atoms with Crippen LogP contribution >= 0.6 is 0 Å². The van der Waals surface area contributed by atoms with Gasteiger partial charge in [0.15, 0.2) is 5.82 Å². The van der Waals surface area contributed by atoms with Gasteiger partial charge in [-0.15, -0.1) is 0 Å². The Morgan fingerprint density at radius 1 is 1.20 bits per heavy atom. The number of hydrogen-bond donors (Lipinski definition) is 1. The number of rotatable bonds is 5. The Morgan fingerprint density at radius 2 is 1.80 bits per heavy atom. The fourth-order valence-corrected chi connectivity index (χ4v) is 2.80. The van der Waals surface area contributed by atoms with E-state index in [1.807, 2.05) is 13.8 Å².